The Kier molecular flexibility index (Phi) is 35.1. The third kappa shape index (κ3) is 27.6. The number of benzene rings is 3. The highest BCUT2D eigenvalue weighted by atomic mass is 19.3. The molecule has 3 aromatic heterocycles. The molecule has 0 spiro atoms. The molecule has 786 valence electrons. The number of carbonyl (C=O) groups excluding carboxylic acids is 9. The maximum absolute atomic E-state index is 16.0. The Morgan fingerprint density at radius 2 is 0.755 bits per heavy atom. The van der Waals surface area contributed by atoms with Crippen LogP contribution in [0.1, 0.15) is 268 Å². The molecule has 6 bridgehead atoms. The van der Waals surface area contributed by atoms with E-state index >= 15 is 22.0 Å². The number of amides is 3. The Morgan fingerprint density at radius 3 is 1.13 bits per heavy atom. The highest BCUT2D eigenvalue weighted by Crippen LogP contribution is 2.49. The van der Waals surface area contributed by atoms with Crippen molar-refractivity contribution in [1.29, 1.82) is 0 Å². The van der Waals surface area contributed by atoms with E-state index in [4.69, 9.17) is 56.8 Å². The SMILES string of the molecule is C.C.C.COc1ccc2nc3c(nc2c1)O[C@H]1CN(C(=O)[C@H](C(C)(C)C)CC(=O)O[C@@H]2C[C@H]2C/C=C/C=C3F)[C@H](C(=O)OC(C)(C)C)[C@@H]1C.COc1ccc2nc3c(nc2c1)O[C@H]1CN(C(=O)[C@H](C(C)(C)C)CC(=O)O[C@@H]2C[C@H]2CC/C=C/C3(F)F)[C@H](C(=O)OC(C)(C)C)[C@@H]1C.COc1ccc2nc3c(nc2c1)O[C@H]1CN(C(=O)[C@H](C(C)(C)C)CC(=O)O[C@@H]2C[C@H]2CCCCC3(F)F)[C@H](C(=O)OC(C)(C)C)[C@@H]1C. The van der Waals surface area contributed by atoms with Gasteiger partial charge in [0.1, 0.15) is 88.8 Å². The molecule has 3 amide bonds. The molecule has 3 saturated heterocycles. The number of rotatable bonds is 6. The summed E-state index contributed by atoms with van der Waals surface area (Å²) in [5.74, 6) is -15.7. The topological polar surface area (TPSA) is 351 Å². The minimum Gasteiger partial charge on any atom is -0.497 e. The van der Waals surface area contributed by atoms with Gasteiger partial charge >= 0.3 is 41.7 Å². The summed E-state index contributed by atoms with van der Waals surface area (Å²) in [6.07, 6.45) is 7.38. The number of hydrogen-bond donors (Lipinski definition) is 0. The van der Waals surface area contributed by atoms with Crippen LogP contribution in [0.5, 0.6) is 34.9 Å². The summed E-state index contributed by atoms with van der Waals surface area (Å²) in [5.41, 5.74) is -3.95. The van der Waals surface area contributed by atoms with Crippen molar-refractivity contribution in [3.8, 4) is 34.9 Å². The Balaban J connectivity index is 0.000000218. The van der Waals surface area contributed by atoms with Crippen molar-refractivity contribution in [2.24, 2.45) is 69.5 Å². The van der Waals surface area contributed by atoms with E-state index in [0.717, 1.165) is 6.08 Å². The number of nitrogens with zero attached hydrogens (tertiary/aromatic N) is 9. The lowest BCUT2D eigenvalue weighted by atomic mass is 9.77. The number of allylic oxidation sites excluding steroid dienone is 5. The number of methoxy groups -OCH3 is 3. The van der Waals surface area contributed by atoms with Gasteiger partial charge in [-0.25, -0.2) is 48.7 Å². The van der Waals surface area contributed by atoms with Gasteiger partial charge < -0.3 is 71.5 Å². The van der Waals surface area contributed by atoms with Crippen LogP contribution in [-0.4, -0.2) is 211 Å². The van der Waals surface area contributed by atoms with Crippen molar-refractivity contribution in [2.75, 3.05) is 41.0 Å². The van der Waals surface area contributed by atoms with Crippen molar-refractivity contribution in [2.45, 2.75) is 335 Å². The average Bonchev–Trinajstić information content (AvgIpc) is 1.67. The van der Waals surface area contributed by atoms with Gasteiger partial charge in [-0.05, 0) is 190 Å². The van der Waals surface area contributed by atoms with Gasteiger partial charge in [0.05, 0.1) is 111 Å². The molecule has 35 heteroatoms. The first kappa shape index (κ1) is 114. The maximum Gasteiger partial charge on any atom is 0.329 e. The van der Waals surface area contributed by atoms with Crippen molar-refractivity contribution < 1.29 is 122 Å². The largest absolute Gasteiger partial charge is 0.497 e. The Hall–Kier alpha value is -11.4. The fourth-order valence-electron chi connectivity index (χ4n) is 18.8. The number of halogens is 5. The molecule has 6 aliphatic heterocycles. The predicted octanol–water partition coefficient (Wildman–Crippen LogP) is 20.0. The molecule has 6 aromatic rings. The van der Waals surface area contributed by atoms with E-state index in [0.29, 0.717) is 85.2 Å². The normalized spacial score (nSPS) is 28.0. The van der Waals surface area contributed by atoms with E-state index in [9.17, 15) is 43.2 Å². The first-order valence-corrected chi connectivity index (χ1v) is 48.5. The van der Waals surface area contributed by atoms with Gasteiger partial charge in [0.2, 0.25) is 35.4 Å². The number of carbonyl (C=O) groups is 9. The lowest BCUT2D eigenvalue weighted by Crippen LogP contribution is -2.50. The monoisotopic (exact) mass is 2000 g/mol. The summed E-state index contributed by atoms with van der Waals surface area (Å²) in [7, 11) is 4.51. The van der Waals surface area contributed by atoms with Gasteiger partial charge in [-0.15, -0.1) is 0 Å². The lowest BCUT2D eigenvalue weighted by molar-refractivity contribution is -0.167. The minimum absolute atomic E-state index is 0. The van der Waals surface area contributed by atoms with Crippen molar-refractivity contribution in [3.63, 3.8) is 0 Å². The van der Waals surface area contributed by atoms with Crippen LogP contribution in [0.2, 0.25) is 0 Å². The zero-order chi connectivity index (χ0) is 102. The lowest BCUT2D eigenvalue weighted by Gasteiger charge is -2.35. The van der Waals surface area contributed by atoms with Crippen molar-refractivity contribution >= 4 is 92.5 Å². The minimum atomic E-state index is -3.56. The standard InChI is InChI=1S/C35H47F2N3O7.C35H45F2N3O7.C35H44FN3O7.3CH4/c2*1-19-26-18-40(28(19)32(43)47-34(5,6)7)31(42)22(33(2,3)4)17-27(41)45-25-15-20(25)11-9-10-14-35(36,37)29-30(46-26)39-24-16-21(44-8)12-13-23(24)38-29;1-19-27-18-39(30(19)33(42)46-35(5,6)7)32(41)22(34(2,3)4)17-28(40)44-26-15-20(26)11-9-10-12-23(36)29-31(45-27)38-25-16-21(43-8)13-14-24(25)37-29;;;/h12-13,16,19-20,22,25-26,28H,9-11,14-15,17-18H2,1-8H3;10,12-14,16,19-20,22,25-26,28H,9,11,15,17-18H2,1-8H3;9-10,12-14,16,19-20,22,26-27,30H,11,15,17-18H2,1-8H3;3*1H4/b;14-10+;10-9+,23-12?;;;/t2*19-,20-,22-,25-,26+,28+;19-,20-,22-,26-,27+,30+;;;/m111.../s1. The summed E-state index contributed by atoms with van der Waals surface area (Å²) in [4.78, 5) is 155. The Morgan fingerprint density at radius 1 is 0.413 bits per heavy atom. The van der Waals surface area contributed by atoms with Gasteiger partial charge in [0, 0.05) is 48.3 Å². The summed E-state index contributed by atoms with van der Waals surface area (Å²) >= 11 is 0. The van der Waals surface area contributed by atoms with E-state index in [1.54, 1.807) is 144 Å². The summed E-state index contributed by atoms with van der Waals surface area (Å²) in [6.45, 7) is 37.3. The van der Waals surface area contributed by atoms with Gasteiger partial charge in [0.25, 0.3) is 5.92 Å². The molecule has 30 nitrogen and oxygen atoms in total. The van der Waals surface area contributed by atoms with E-state index < -0.39 is 194 Å². The fraction of sp³-hybridized carbons (Fsp3) is 0.639. The molecular formula is C108H148F5N9O21. The molecule has 143 heavy (non-hydrogen) atoms. The molecule has 18 atom stereocenters. The van der Waals surface area contributed by atoms with Crippen molar-refractivity contribution in [3.05, 3.63) is 102 Å². The molecular weight excluding hydrogens is 1850 g/mol. The van der Waals surface area contributed by atoms with Crippen LogP contribution in [0.4, 0.5) is 22.0 Å². The Labute approximate surface area is 836 Å². The highest BCUT2D eigenvalue weighted by Gasteiger charge is 2.58. The molecule has 0 unspecified atom stereocenters. The second-order valence-corrected chi connectivity index (χ2v) is 44.8. The van der Waals surface area contributed by atoms with Gasteiger partial charge in [-0.2, -0.15) is 17.6 Å². The molecule has 3 saturated carbocycles. The first-order valence-electron chi connectivity index (χ1n) is 48.5. The molecule has 6 fully saturated rings. The van der Waals surface area contributed by atoms with Crippen LogP contribution in [0.15, 0.2) is 85.0 Å². The number of esters is 6. The molecule has 3 aliphatic carbocycles. The quantitative estimate of drug-likeness (QED) is 0.0647. The van der Waals surface area contributed by atoms with E-state index in [2.05, 4.69) is 29.9 Å². The average molecular weight is 2000 g/mol. The number of hydrogen-bond acceptors (Lipinski definition) is 27. The molecule has 15 rings (SSSR count). The van der Waals surface area contributed by atoms with Gasteiger partial charge in [-0.3, -0.25) is 28.8 Å². The maximum atomic E-state index is 16.0. The van der Waals surface area contributed by atoms with Crippen LogP contribution >= 0.6 is 0 Å². The van der Waals surface area contributed by atoms with Crippen LogP contribution in [0.3, 0.4) is 0 Å². The third-order valence-corrected chi connectivity index (χ3v) is 27.1. The number of alkyl halides is 4. The van der Waals surface area contributed by atoms with Crippen LogP contribution in [-0.2, 0) is 83.4 Å². The molecule has 0 radical (unpaired) electrons. The van der Waals surface area contributed by atoms with E-state index in [1.807, 2.05) is 68.4 Å². The van der Waals surface area contributed by atoms with Crippen molar-refractivity contribution in [1.82, 2.24) is 44.6 Å². The summed E-state index contributed by atoms with van der Waals surface area (Å²) in [5, 5.41) is 0. The third-order valence-electron chi connectivity index (χ3n) is 27.1. The second-order valence-electron chi connectivity index (χ2n) is 44.8. The van der Waals surface area contributed by atoms with E-state index in [-0.39, 0.29) is 144 Å². The fourth-order valence-corrected chi connectivity index (χ4v) is 18.8. The first-order chi connectivity index (χ1) is 65.3. The highest BCUT2D eigenvalue weighted by molar-refractivity contribution is 5.93. The summed E-state index contributed by atoms with van der Waals surface area (Å²) < 4.78 is 149. The smallest absolute Gasteiger partial charge is 0.329 e. The molecule has 9 aliphatic rings. The van der Waals surface area contributed by atoms with E-state index in [1.165, 1.54) is 48.2 Å². The summed E-state index contributed by atoms with van der Waals surface area (Å²) in [6, 6.07) is 11.4. The number of aromatic nitrogens is 6. The second kappa shape index (κ2) is 44.3. The van der Waals surface area contributed by atoms with Crippen LogP contribution < -0.4 is 28.4 Å². The van der Waals surface area contributed by atoms with Crippen LogP contribution in [0, 0.1) is 69.5 Å². The predicted molar refractivity (Wildman–Crippen MR) is 527 cm³/mol. The van der Waals surface area contributed by atoms with Gasteiger partial charge in [0.15, 0.2) is 22.9 Å². The molecule has 3 aromatic carbocycles. The number of ether oxygens (including phenoxy) is 12. The van der Waals surface area contributed by atoms with Crippen LogP contribution in [0.25, 0.3) is 38.9 Å². The van der Waals surface area contributed by atoms with Gasteiger partial charge in [-0.1, -0.05) is 130 Å². The Bertz CT molecular complexity index is 5750. The molecule has 9 heterocycles. The zero-order valence-electron chi connectivity index (χ0n) is 84.8. The number of fused-ring (bicyclic) bond motifs is 15. The zero-order valence-corrected chi connectivity index (χ0v) is 84.8. The molecule has 0 N–H and O–H groups in total.